The first kappa shape index (κ1) is 30.6. The van der Waals surface area contributed by atoms with Crippen molar-refractivity contribution in [1.29, 1.82) is 0 Å². The molecule has 4 aromatic rings. The summed E-state index contributed by atoms with van der Waals surface area (Å²) in [6, 6.07) is 25.0. The molecule has 3 aromatic carbocycles. The highest BCUT2D eigenvalue weighted by molar-refractivity contribution is 6.17. The van der Waals surface area contributed by atoms with E-state index >= 15 is 0 Å². The van der Waals surface area contributed by atoms with Crippen molar-refractivity contribution in [3.8, 4) is 22.5 Å². The third-order valence-electron chi connectivity index (χ3n) is 6.78. The summed E-state index contributed by atoms with van der Waals surface area (Å²) in [5.41, 5.74) is 14.7. The molecule has 1 heterocycles. The maximum atomic E-state index is 14.2. The fourth-order valence-corrected chi connectivity index (χ4v) is 4.94. The van der Waals surface area contributed by atoms with Gasteiger partial charge in [-0.05, 0) is 50.5 Å². The molecule has 0 fully saturated rings. The van der Waals surface area contributed by atoms with Gasteiger partial charge in [-0.15, -0.1) is 0 Å². The molecule has 0 spiro atoms. The van der Waals surface area contributed by atoms with Crippen LogP contribution in [0.3, 0.4) is 0 Å². The fourth-order valence-electron chi connectivity index (χ4n) is 4.94. The van der Waals surface area contributed by atoms with Gasteiger partial charge in [0.2, 0.25) is 5.91 Å². The first-order valence-corrected chi connectivity index (χ1v) is 14.1. The average Bonchev–Trinajstić information content (AvgIpc) is 3.33. The van der Waals surface area contributed by atoms with Crippen LogP contribution in [0.1, 0.15) is 59.9 Å². The van der Waals surface area contributed by atoms with Gasteiger partial charge in [0, 0.05) is 30.3 Å². The molecule has 43 heavy (non-hydrogen) atoms. The number of aromatic nitrogens is 1. The summed E-state index contributed by atoms with van der Waals surface area (Å²) >= 11 is 0. The average molecular weight is 581 g/mol. The van der Waals surface area contributed by atoms with E-state index < -0.39 is 11.9 Å². The van der Waals surface area contributed by atoms with Gasteiger partial charge >= 0.3 is 5.97 Å². The number of hydrogen-bond acceptors (Lipinski definition) is 4. The number of nitrogens with two attached hydrogens (primary N) is 2. The molecule has 10 nitrogen and oxygen atoms in total. The highest BCUT2D eigenvalue weighted by atomic mass is 16.4. The van der Waals surface area contributed by atoms with Crippen LogP contribution >= 0.6 is 0 Å². The van der Waals surface area contributed by atoms with Crippen LogP contribution in [0.2, 0.25) is 0 Å². The Morgan fingerprint density at radius 2 is 1.47 bits per heavy atom. The molecule has 7 N–H and O–H groups in total. The lowest BCUT2D eigenvalue weighted by Gasteiger charge is -2.18. The van der Waals surface area contributed by atoms with Gasteiger partial charge in [0.1, 0.15) is 0 Å². The van der Waals surface area contributed by atoms with Gasteiger partial charge in [-0.3, -0.25) is 14.6 Å². The molecule has 0 aliphatic carbocycles. The Morgan fingerprint density at radius 1 is 0.837 bits per heavy atom. The van der Waals surface area contributed by atoms with E-state index in [0.717, 1.165) is 11.1 Å². The van der Waals surface area contributed by atoms with Gasteiger partial charge in [0.25, 0.3) is 5.91 Å². The first-order chi connectivity index (χ1) is 20.7. The van der Waals surface area contributed by atoms with Crippen molar-refractivity contribution in [3.63, 3.8) is 0 Å². The number of amides is 2. The molecule has 4 rings (SSSR count). The number of guanidine groups is 1. The lowest BCUT2D eigenvalue weighted by atomic mass is 10.0. The number of benzene rings is 3. The second kappa shape index (κ2) is 14.0. The predicted octanol–water partition coefficient (Wildman–Crippen LogP) is 5.74. The molecular weight excluding hydrogens is 544 g/mol. The Balaban J connectivity index is 1.88. The van der Waals surface area contributed by atoms with E-state index in [9.17, 15) is 19.5 Å². The second-order valence-corrected chi connectivity index (χ2v) is 10.3. The van der Waals surface area contributed by atoms with Crippen LogP contribution in [0, 0.1) is 0 Å². The summed E-state index contributed by atoms with van der Waals surface area (Å²) in [6.07, 6.45) is 1.36. The van der Waals surface area contributed by atoms with Gasteiger partial charge in [-0.25, -0.2) is 4.79 Å². The highest BCUT2D eigenvalue weighted by Crippen LogP contribution is 2.43. The molecule has 0 saturated carbocycles. The molecule has 0 aliphatic rings. The van der Waals surface area contributed by atoms with Crippen LogP contribution in [0.15, 0.2) is 89.9 Å². The van der Waals surface area contributed by atoms with Crippen LogP contribution in [0.25, 0.3) is 22.5 Å². The minimum absolute atomic E-state index is 0.00460. The SMILES string of the molecule is CC(C)n1c(-c2ccccc2)c(NC(=O)CCCCN=C(N)N)c(C(=O)Nc2cccc(C(=O)O)c2)c1-c1ccccc1. The van der Waals surface area contributed by atoms with Gasteiger partial charge in [-0.1, -0.05) is 66.7 Å². The quantitative estimate of drug-likeness (QED) is 0.0815. The number of anilines is 2. The van der Waals surface area contributed by atoms with Gasteiger partial charge in [-0.2, -0.15) is 0 Å². The van der Waals surface area contributed by atoms with Crippen molar-refractivity contribution in [2.45, 2.75) is 39.2 Å². The summed E-state index contributed by atoms with van der Waals surface area (Å²) in [4.78, 5) is 43.1. The number of unbranched alkanes of at least 4 members (excludes halogenated alkanes) is 1. The zero-order chi connectivity index (χ0) is 30.9. The Bertz CT molecular complexity index is 1620. The van der Waals surface area contributed by atoms with E-state index in [1.807, 2.05) is 74.5 Å². The third kappa shape index (κ3) is 7.48. The van der Waals surface area contributed by atoms with Crippen molar-refractivity contribution >= 4 is 35.1 Å². The zero-order valence-corrected chi connectivity index (χ0v) is 24.2. The normalized spacial score (nSPS) is 10.8. The molecule has 0 unspecified atom stereocenters. The number of carbonyl (C=O) groups is 3. The molecule has 1 aromatic heterocycles. The van der Waals surface area contributed by atoms with E-state index in [0.29, 0.717) is 42.1 Å². The van der Waals surface area contributed by atoms with E-state index in [4.69, 9.17) is 11.5 Å². The standard InChI is InChI=1S/C33H36N6O4/c1-21(2)39-29(22-12-5-3-6-13-22)27(31(41)37-25-17-11-16-24(20-25)32(42)43)28(30(39)23-14-7-4-8-15-23)38-26(40)18-9-10-19-36-33(34)35/h3-8,11-17,20-21H,9-10,18-19H2,1-2H3,(H,37,41)(H,38,40)(H,42,43)(H4,34,35,36). The second-order valence-electron chi connectivity index (χ2n) is 10.3. The molecular formula is C33H36N6O4. The molecule has 222 valence electrons. The van der Waals surface area contributed by atoms with Gasteiger partial charge < -0.3 is 31.8 Å². The lowest BCUT2D eigenvalue weighted by Crippen LogP contribution is -2.23. The van der Waals surface area contributed by atoms with Crippen molar-refractivity contribution in [2.75, 3.05) is 17.2 Å². The minimum Gasteiger partial charge on any atom is -0.478 e. The maximum absolute atomic E-state index is 14.2. The van der Waals surface area contributed by atoms with Crippen LogP contribution in [-0.4, -0.2) is 40.0 Å². The number of aliphatic imine (C=N–C) groups is 1. The molecule has 2 amide bonds. The van der Waals surface area contributed by atoms with Crippen molar-refractivity contribution in [2.24, 2.45) is 16.5 Å². The molecule has 0 atom stereocenters. The van der Waals surface area contributed by atoms with Crippen LogP contribution in [0.5, 0.6) is 0 Å². The van der Waals surface area contributed by atoms with Gasteiger partial charge in [0.15, 0.2) is 5.96 Å². The predicted molar refractivity (Wildman–Crippen MR) is 170 cm³/mol. The Hall–Kier alpha value is -5.38. The summed E-state index contributed by atoms with van der Waals surface area (Å²) in [5, 5.41) is 15.4. The number of aromatic carboxylic acids is 1. The van der Waals surface area contributed by atoms with Crippen LogP contribution in [-0.2, 0) is 4.79 Å². The molecule has 0 saturated heterocycles. The number of nitrogens with one attached hydrogen (secondary N) is 2. The summed E-state index contributed by atoms with van der Waals surface area (Å²) < 4.78 is 2.06. The van der Waals surface area contributed by atoms with Crippen LogP contribution < -0.4 is 22.1 Å². The van der Waals surface area contributed by atoms with Crippen molar-refractivity contribution in [3.05, 3.63) is 96.1 Å². The largest absolute Gasteiger partial charge is 0.478 e. The molecule has 0 bridgehead atoms. The van der Waals surface area contributed by atoms with Gasteiger partial charge in [0.05, 0.1) is 28.2 Å². The topological polar surface area (TPSA) is 165 Å². The Kier molecular flexibility index (Phi) is 9.95. The van der Waals surface area contributed by atoms with Crippen molar-refractivity contribution < 1.29 is 19.5 Å². The molecule has 0 aliphatic heterocycles. The number of carbonyl (C=O) groups excluding carboxylic acids is 2. The monoisotopic (exact) mass is 580 g/mol. The lowest BCUT2D eigenvalue weighted by molar-refractivity contribution is -0.116. The molecule has 0 radical (unpaired) electrons. The number of carboxylic acids is 1. The van der Waals surface area contributed by atoms with E-state index in [1.54, 1.807) is 12.1 Å². The Morgan fingerprint density at radius 3 is 2.05 bits per heavy atom. The summed E-state index contributed by atoms with van der Waals surface area (Å²) in [5.74, 6) is -1.85. The molecule has 10 heteroatoms. The summed E-state index contributed by atoms with van der Waals surface area (Å²) in [7, 11) is 0. The Labute approximate surface area is 250 Å². The minimum atomic E-state index is -1.11. The smallest absolute Gasteiger partial charge is 0.335 e. The highest BCUT2D eigenvalue weighted by Gasteiger charge is 2.31. The maximum Gasteiger partial charge on any atom is 0.335 e. The zero-order valence-electron chi connectivity index (χ0n) is 24.2. The number of rotatable bonds is 12. The van der Waals surface area contributed by atoms with Crippen LogP contribution in [0.4, 0.5) is 11.4 Å². The number of hydrogen-bond donors (Lipinski definition) is 5. The van der Waals surface area contributed by atoms with E-state index in [1.165, 1.54) is 12.1 Å². The summed E-state index contributed by atoms with van der Waals surface area (Å²) in [6.45, 7) is 4.45. The van der Waals surface area contributed by atoms with E-state index in [2.05, 4.69) is 20.2 Å². The fraction of sp³-hybridized carbons (Fsp3) is 0.212. The van der Waals surface area contributed by atoms with E-state index in [-0.39, 0.29) is 35.5 Å². The van der Waals surface area contributed by atoms with Crippen molar-refractivity contribution in [1.82, 2.24) is 4.57 Å². The first-order valence-electron chi connectivity index (χ1n) is 14.1. The third-order valence-corrected chi connectivity index (χ3v) is 6.78. The number of nitrogens with zero attached hydrogens (tertiary/aromatic N) is 2. The number of carboxylic acid groups (broad SMARTS) is 1.